The number of hydrogen-bond acceptors (Lipinski definition) is 1. The molecule has 0 bridgehead atoms. The van der Waals surface area contributed by atoms with E-state index >= 15 is 0 Å². The third kappa shape index (κ3) is 3.35. The van der Waals surface area contributed by atoms with Crippen molar-refractivity contribution in [1.82, 2.24) is 5.32 Å². The average Bonchev–Trinajstić information content (AvgIpc) is 2.41. The molecule has 1 unspecified atom stereocenters. The molecule has 0 saturated carbocycles. The fraction of sp³-hybridized carbons (Fsp3) is 0.250. The van der Waals surface area contributed by atoms with Crippen LogP contribution in [0.1, 0.15) is 37.1 Å². The van der Waals surface area contributed by atoms with Gasteiger partial charge in [0.2, 0.25) is 0 Å². The standard InChI is InChI=1S/C16H16ClF2N/c1-10(13-5-3-4-6-15(13)17)20-11(2)14-9-12(18)7-8-16(14)19/h3-11,20H,1-2H3/t10-,11?/m1/s1. The van der Waals surface area contributed by atoms with Gasteiger partial charge in [-0.15, -0.1) is 0 Å². The lowest BCUT2D eigenvalue weighted by molar-refractivity contribution is 0.470. The van der Waals surface area contributed by atoms with Crippen molar-refractivity contribution < 1.29 is 8.78 Å². The van der Waals surface area contributed by atoms with Crippen LogP contribution in [0.2, 0.25) is 5.02 Å². The molecule has 0 amide bonds. The Morgan fingerprint density at radius 1 is 0.950 bits per heavy atom. The summed E-state index contributed by atoms with van der Waals surface area (Å²) in [6, 6.07) is 10.6. The van der Waals surface area contributed by atoms with Crippen LogP contribution in [0.4, 0.5) is 8.78 Å². The summed E-state index contributed by atoms with van der Waals surface area (Å²) in [4.78, 5) is 0. The number of halogens is 3. The van der Waals surface area contributed by atoms with E-state index in [2.05, 4.69) is 5.32 Å². The van der Waals surface area contributed by atoms with E-state index < -0.39 is 11.6 Å². The number of benzene rings is 2. The second-order valence-electron chi connectivity index (χ2n) is 4.80. The molecule has 20 heavy (non-hydrogen) atoms. The molecule has 2 rings (SSSR count). The van der Waals surface area contributed by atoms with Gasteiger partial charge in [-0.3, -0.25) is 0 Å². The molecule has 0 aliphatic rings. The van der Waals surface area contributed by atoms with Gasteiger partial charge in [-0.25, -0.2) is 8.78 Å². The minimum Gasteiger partial charge on any atom is -0.303 e. The lowest BCUT2D eigenvalue weighted by atomic mass is 10.0. The van der Waals surface area contributed by atoms with Crippen molar-refractivity contribution in [3.8, 4) is 0 Å². The maximum atomic E-state index is 13.7. The van der Waals surface area contributed by atoms with E-state index in [4.69, 9.17) is 11.6 Å². The van der Waals surface area contributed by atoms with Crippen LogP contribution in [-0.2, 0) is 0 Å². The van der Waals surface area contributed by atoms with Crippen LogP contribution in [-0.4, -0.2) is 0 Å². The molecule has 0 aliphatic carbocycles. The van der Waals surface area contributed by atoms with Crippen molar-refractivity contribution in [2.45, 2.75) is 25.9 Å². The topological polar surface area (TPSA) is 12.0 Å². The Balaban J connectivity index is 2.17. The van der Waals surface area contributed by atoms with Crippen molar-refractivity contribution in [3.05, 3.63) is 70.2 Å². The Morgan fingerprint density at radius 2 is 1.60 bits per heavy atom. The van der Waals surface area contributed by atoms with Gasteiger partial charge in [0.05, 0.1) is 0 Å². The second kappa shape index (κ2) is 6.33. The van der Waals surface area contributed by atoms with Crippen molar-refractivity contribution in [2.75, 3.05) is 0 Å². The lowest BCUT2D eigenvalue weighted by Crippen LogP contribution is -2.23. The van der Waals surface area contributed by atoms with Crippen molar-refractivity contribution >= 4 is 11.6 Å². The van der Waals surface area contributed by atoms with E-state index in [0.717, 1.165) is 17.7 Å². The first-order chi connectivity index (χ1) is 9.49. The summed E-state index contributed by atoms with van der Waals surface area (Å²) in [5.41, 5.74) is 1.24. The monoisotopic (exact) mass is 295 g/mol. The zero-order valence-corrected chi connectivity index (χ0v) is 12.1. The van der Waals surface area contributed by atoms with Gasteiger partial charge in [0.15, 0.2) is 0 Å². The molecule has 0 spiro atoms. The van der Waals surface area contributed by atoms with E-state index in [-0.39, 0.29) is 12.1 Å². The summed E-state index contributed by atoms with van der Waals surface area (Å²) in [6.45, 7) is 3.74. The highest BCUT2D eigenvalue weighted by molar-refractivity contribution is 6.31. The molecule has 2 aromatic rings. The second-order valence-corrected chi connectivity index (χ2v) is 5.20. The number of rotatable bonds is 4. The summed E-state index contributed by atoms with van der Waals surface area (Å²) in [5, 5.41) is 3.88. The predicted octanol–water partition coefficient (Wildman–Crippen LogP) is 5.03. The predicted molar refractivity (Wildman–Crippen MR) is 77.8 cm³/mol. The fourth-order valence-electron chi connectivity index (χ4n) is 2.23. The SMILES string of the molecule is CC(N[C@H](C)c1ccccc1Cl)c1cc(F)ccc1F. The Morgan fingerprint density at radius 3 is 2.30 bits per heavy atom. The molecule has 0 aromatic heterocycles. The molecule has 0 saturated heterocycles. The summed E-state index contributed by atoms with van der Waals surface area (Å²) in [5.74, 6) is -0.863. The van der Waals surface area contributed by atoms with Gasteiger partial charge in [-0.1, -0.05) is 29.8 Å². The van der Waals surface area contributed by atoms with Gasteiger partial charge in [0.1, 0.15) is 11.6 Å². The number of nitrogens with one attached hydrogen (secondary N) is 1. The number of hydrogen-bond donors (Lipinski definition) is 1. The molecule has 1 N–H and O–H groups in total. The van der Waals surface area contributed by atoms with E-state index in [9.17, 15) is 8.78 Å². The molecule has 106 valence electrons. The molecule has 2 atom stereocenters. The van der Waals surface area contributed by atoms with Crippen LogP contribution in [0.25, 0.3) is 0 Å². The van der Waals surface area contributed by atoms with Gasteiger partial charge in [0.25, 0.3) is 0 Å². The first-order valence-corrected chi connectivity index (χ1v) is 6.82. The molecule has 2 aromatic carbocycles. The Labute approximate surface area is 122 Å². The quantitative estimate of drug-likeness (QED) is 0.834. The molecular formula is C16H16ClF2N. The Bertz CT molecular complexity index is 601. The highest BCUT2D eigenvalue weighted by Crippen LogP contribution is 2.26. The first kappa shape index (κ1) is 14.9. The molecule has 4 heteroatoms. The van der Waals surface area contributed by atoms with Gasteiger partial charge in [-0.2, -0.15) is 0 Å². The van der Waals surface area contributed by atoms with Crippen LogP contribution >= 0.6 is 11.6 Å². The molecular weight excluding hydrogens is 280 g/mol. The summed E-state index contributed by atoms with van der Waals surface area (Å²) in [7, 11) is 0. The molecule has 0 fully saturated rings. The van der Waals surface area contributed by atoms with E-state index in [1.54, 1.807) is 6.92 Å². The molecule has 0 radical (unpaired) electrons. The van der Waals surface area contributed by atoms with Gasteiger partial charge in [-0.05, 0) is 43.7 Å². The zero-order valence-electron chi connectivity index (χ0n) is 11.3. The molecule has 1 nitrogen and oxygen atoms in total. The van der Waals surface area contributed by atoms with Crippen LogP contribution in [0, 0.1) is 11.6 Å². The third-order valence-corrected chi connectivity index (χ3v) is 3.64. The van der Waals surface area contributed by atoms with Gasteiger partial charge >= 0.3 is 0 Å². The van der Waals surface area contributed by atoms with Crippen LogP contribution < -0.4 is 5.32 Å². The third-order valence-electron chi connectivity index (χ3n) is 3.30. The lowest BCUT2D eigenvalue weighted by Gasteiger charge is -2.22. The van der Waals surface area contributed by atoms with E-state index in [0.29, 0.717) is 10.6 Å². The minimum atomic E-state index is -0.444. The van der Waals surface area contributed by atoms with E-state index in [1.165, 1.54) is 6.07 Å². The average molecular weight is 296 g/mol. The van der Waals surface area contributed by atoms with Gasteiger partial charge in [0, 0.05) is 22.7 Å². The summed E-state index contributed by atoms with van der Waals surface area (Å²) in [6.07, 6.45) is 0. The molecule has 0 aliphatic heterocycles. The maximum absolute atomic E-state index is 13.7. The Kier molecular flexibility index (Phi) is 4.73. The Hall–Kier alpha value is -1.45. The summed E-state index contributed by atoms with van der Waals surface area (Å²) < 4.78 is 26.9. The van der Waals surface area contributed by atoms with Crippen LogP contribution in [0.3, 0.4) is 0 Å². The largest absolute Gasteiger partial charge is 0.303 e. The maximum Gasteiger partial charge on any atom is 0.128 e. The van der Waals surface area contributed by atoms with E-state index in [1.807, 2.05) is 31.2 Å². The van der Waals surface area contributed by atoms with Gasteiger partial charge < -0.3 is 5.32 Å². The minimum absolute atomic E-state index is 0.0682. The fourth-order valence-corrected chi connectivity index (χ4v) is 2.53. The molecule has 0 heterocycles. The normalized spacial score (nSPS) is 14.1. The van der Waals surface area contributed by atoms with Crippen molar-refractivity contribution in [3.63, 3.8) is 0 Å². The highest BCUT2D eigenvalue weighted by Gasteiger charge is 2.16. The highest BCUT2D eigenvalue weighted by atomic mass is 35.5. The van der Waals surface area contributed by atoms with Crippen molar-refractivity contribution in [1.29, 1.82) is 0 Å². The van der Waals surface area contributed by atoms with Crippen molar-refractivity contribution in [2.24, 2.45) is 0 Å². The summed E-state index contributed by atoms with van der Waals surface area (Å²) >= 11 is 6.13. The smallest absolute Gasteiger partial charge is 0.128 e. The zero-order chi connectivity index (χ0) is 14.7. The first-order valence-electron chi connectivity index (χ1n) is 6.44. The van der Waals surface area contributed by atoms with Crippen LogP contribution in [0.5, 0.6) is 0 Å². The van der Waals surface area contributed by atoms with Crippen LogP contribution in [0.15, 0.2) is 42.5 Å².